The van der Waals surface area contributed by atoms with Crippen molar-refractivity contribution in [3.05, 3.63) is 69.5 Å². The fourth-order valence-electron chi connectivity index (χ4n) is 4.40. The van der Waals surface area contributed by atoms with E-state index in [2.05, 4.69) is 21.9 Å². The van der Waals surface area contributed by atoms with Crippen molar-refractivity contribution in [2.45, 2.75) is 26.2 Å². The summed E-state index contributed by atoms with van der Waals surface area (Å²) in [7, 11) is 0. The number of nitrogens with one attached hydrogen (secondary N) is 1. The Hall–Kier alpha value is -3.25. The summed E-state index contributed by atoms with van der Waals surface area (Å²) < 4.78 is 6.22. The van der Waals surface area contributed by atoms with Crippen molar-refractivity contribution in [3.63, 3.8) is 0 Å². The Balaban J connectivity index is 1.48. The van der Waals surface area contributed by atoms with E-state index < -0.39 is 0 Å². The fraction of sp³-hybridized carbons (Fsp3) is 0.208. The van der Waals surface area contributed by atoms with Crippen molar-refractivity contribution in [1.82, 2.24) is 15.0 Å². The molecule has 0 radical (unpaired) electrons. The number of aromatic nitrogens is 3. The second-order valence-corrected chi connectivity index (χ2v) is 9.10. The third kappa shape index (κ3) is 2.71. The highest BCUT2D eigenvalue weighted by atomic mass is 32.1. The highest BCUT2D eigenvalue weighted by molar-refractivity contribution is 7.18. The summed E-state index contributed by atoms with van der Waals surface area (Å²) in [4.78, 5) is 27.6. The molecule has 3 heterocycles. The van der Waals surface area contributed by atoms with Gasteiger partial charge in [-0.05, 0) is 61.1 Å². The third-order valence-electron chi connectivity index (χ3n) is 5.95. The maximum atomic E-state index is 13.0. The highest BCUT2D eigenvalue weighted by Gasteiger charge is 2.24. The van der Waals surface area contributed by atoms with Gasteiger partial charge in [-0.1, -0.05) is 19.1 Å². The molecule has 1 aliphatic carbocycles. The average molecular weight is 414 g/mol. The molecule has 6 rings (SSSR count). The van der Waals surface area contributed by atoms with Gasteiger partial charge < -0.3 is 9.72 Å². The van der Waals surface area contributed by atoms with Crippen LogP contribution in [-0.4, -0.2) is 15.0 Å². The van der Waals surface area contributed by atoms with Gasteiger partial charge in [0.1, 0.15) is 16.9 Å². The summed E-state index contributed by atoms with van der Waals surface area (Å²) in [6, 6.07) is 13.1. The van der Waals surface area contributed by atoms with Crippen molar-refractivity contribution in [2.24, 2.45) is 5.92 Å². The van der Waals surface area contributed by atoms with Crippen LogP contribution < -0.4 is 10.2 Å². The Labute approximate surface area is 176 Å². The van der Waals surface area contributed by atoms with Gasteiger partial charge in [0.2, 0.25) is 5.88 Å². The van der Waals surface area contributed by atoms with Gasteiger partial charge in [0.05, 0.1) is 10.9 Å². The molecule has 0 aliphatic heterocycles. The molecule has 0 amide bonds. The van der Waals surface area contributed by atoms with Crippen LogP contribution in [0.1, 0.15) is 23.8 Å². The minimum Gasteiger partial charge on any atom is -0.438 e. The lowest BCUT2D eigenvalue weighted by molar-refractivity contribution is 0.467. The second-order valence-electron chi connectivity index (χ2n) is 8.02. The second kappa shape index (κ2) is 6.64. The fourth-order valence-corrected chi connectivity index (χ4v) is 5.74. The molecular weight excluding hydrogens is 394 g/mol. The summed E-state index contributed by atoms with van der Waals surface area (Å²) in [6.07, 6.45) is 4.85. The number of nitrogens with zero attached hydrogens (tertiary/aromatic N) is 2. The number of pyridine rings is 1. The van der Waals surface area contributed by atoms with Gasteiger partial charge in [0.15, 0.2) is 5.43 Å². The molecule has 0 unspecified atom stereocenters. The van der Waals surface area contributed by atoms with E-state index >= 15 is 0 Å². The van der Waals surface area contributed by atoms with Crippen LogP contribution in [0.2, 0.25) is 0 Å². The number of fused-ring (bicyclic) bond motifs is 5. The topological polar surface area (TPSA) is 67.9 Å². The van der Waals surface area contributed by atoms with Gasteiger partial charge in [0.25, 0.3) is 0 Å². The summed E-state index contributed by atoms with van der Waals surface area (Å²) in [5, 5.41) is 2.31. The minimum absolute atomic E-state index is 0.000431. The first-order valence-electron chi connectivity index (χ1n) is 10.2. The highest BCUT2D eigenvalue weighted by Crippen LogP contribution is 2.41. The Morgan fingerprint density at radius 1 is 1.10 bits per heavy atom. The first-order chi connectivity index (χ1) is 14.7. The molecule has 1 atom stereocenters. The van der Waals surface area contributed by atoms with Crippen molar-refractivity contribution in [1.29, 1.82) is 0 Å². The van der Waals surface area contributed by atoms with Gasteiger partial charge in [-0.25, -0.2) is 9.97 Å². The molecule has 0 saturated heterocycles. The first-order valence-corrected chi connectivity index (χ1v) is 11.0. The van der Waals surface area contributed by atoms with E-state index in [-0.39, 0.29) is 5.43 Å². The third-order valence-corrected chi connectivity index (χ3v) is 7.11. The van der Waals surface area contributed by atoms with Crippen LogP contribution in [0, 0.1) is 5.92 Å². The Morgan fingerprint density at radius 2 is 1.97 bits per heavy atom. The molecule has 5 nitrogen and oxygen atoms in total. The van der Waals surface area contributed by atoms with Gasteiger partial charge in [-0.15, -0.1) is 11.3 Å². The maximum absolute atomic E-state index is 13.0. The summed E-state index contributed by atoms with van der Waals surface area (Å²) in [5.41, 5.74) is 2.95. The Bertz CT molecular complexity index is 1500. The Morgan fingerprint density at radius 3 is 2.90 bits per heavy atom. The molecule has 1 aliphatic rings. The van der Waals surface area contributed by atoms with E-state index in [0.717, 1.165) is 34.1 Å². The van der Waals surface area contributed by atoms with Crippen LogP contribution in [0.25, 0.3) is 32.0 Å². The molecule has 5 aromatic rings. The molecule has 0 fully saturated rings. The predicted octanol–water partition coefficient (Wildman–Crippen LogP) is 5.60. The number of hydrogen-bond acceptors (Lipinski definition) is 5. The lowest BCUT2D eigenvalue weighted by Gasteiger charge is -2.18. The van der Waals surface area contributed by atoms with E-state index in [0.29, 0.717) is 28.3 Å². The number of rotatable bonds is 2. The number of aryl methyl sites for hydroxylation is 1. The number of benzene rings is 2. The van der Waals surface area contributed by atoms with E-state index in [9.17, 15) is 4.79 Å². The average Bonchev–Trinajstić information content (AvgIpc) is 3.13. The van der Waals surface area contributed by atoms with Crippen molar-refractivity contribution in [2.75, 3.05) is 0 Å². The number of aromatic amines is 1. The molecule has 3 aromatic heterocycles. The van der Waals surface area contributed by atoms with E-state index in [1.807, 2.05) is 36.4 Å². The molecule has 0 spiro atoms. The number of hydrogen-bond donors (Lipinski definition) is 1. The minimum atomic E-state index is -0.000431. The summed E-state index contributed by atoms with van der Waals surface area (Å²) in [6.45, 7) is 2.30. The number of thiophene rings is 1. The quantitative estimate of drug-likeness (QED) is 0.382. The van der Waals surface area contributed by atoms with Crippen LogP contribution in [0.3, 0.4) is 0 Å². The molecule has 2 aromatic carbocycles. The standard InChI is InChI=1S/C24H19N3O2S/c1-13-6-8-16-20(10-13)30-24-21(16)23(25-12-26-24)29-14-7-9-19-17(11-14)22(28)15-4-2-3-5-18(15)27-19/h2-5,7,9,11-13H,6,8,10H2,1H3,(H,27,28)/t13-/m0/s1. The largest absolute Gasteiger partial charge is 0.438 e. The summed E-state index contributed by atoms with van der Waals surface area (Å²) >= 11 is 1.75. The zero-order chi connectivity index (χ0) is 20.2. The molecule has 1 N–H and O–H groups in total. The molecule has 6 heteroatoms. The van der Waals surface area contributed by atoms with Gasteiger partial charge in [-0.3, -0.25) is 4.79 Å². The van der Waals surface area contributed by atoms with Crippen LogP contribution in [-0.2, 0) is 12.8 Å². The van der Waals surface area contributed by atoms with Crippen LogP contribution in [0.4, 0.5) is 0 Å². The van der Waals surface area contributed by atoms with Crippen LogP contribution in [0.5, 0.6) is 11.6 Å². The SMILES string of the molecule is C[C@H]1CCc2c(sc3ncnc(Oc4ccc5[nH]c6ccccc6c(=O)c5c4)c23)C1. The predicted molar refractivity (Wildman–Crippen MR) is 121 cm³/mol. The lowest BCUT2D eigenvalue weighted by atomic mass is 9.89. The van der Waals surface area contributed by atoms with Crippen molar-refractivity contribution in [3.8, 4) is 11.6 Å². The zero-order valence-corrected chi connectivity index (χ0v) is 17.3. The van der Waals surface area contributed by atoms with Gasteiger partial charge in [-0.2, -0.15) is 0 Å². The number of H-pyrrole nitrogens is 1. The molecular formula is C24H19N3O2S. The monoisotopic (exact) mass is 413 g/mol. The number of ether oxygens (including phenoxy) is 1. The van der Waals surface area contributed by atoms with Gasteiger partial charge in [0, 0.05) is 21.2 Å². The van der Waals surface area contributed by atoms with Crippen LogP contribution >= 0.6 is 11.3 Å². The lowest BCUT2D eigenvalue weighted by Crippen LogP contribution is -2.08. The van der Waals surface area contributed by atoms with Crippen molar-refractivity contribution >= 4 is 43.4 Å². The number of para-hydroxylation sites is 1. The maximum Gasteiger partial charge on any atom is 0.231 e. The zero-order valence-electron chi connectivity index (χ0n) is 16.4. The van der Waals surface area contributed by atoms with Crippen molar-refractivity contribution < 1.29 is 4.74 Å². The normalized spacial score (nSPS) is 16.2. The summed E-state index contributed by atoms with van der Waals surface area (Å²) in [5.74, 6) is 1.88. The molecule has 148 valence electrons. The Kier molecular flexibility index (Phi) is 3.89. The van der Waals surface area contributed by atoms with Gasteiger partial charge >= 0.3 is 0 Å². The first kappa shape index (κ1) is 17.6. The van der Waals surface area contributed by atoms with Crippen LogP contribution in [0.15, 0.2) is 53.6 Å². The van der Waals surface area contributed by atoms with E-state index in [4.69, 9.17) is 4.74 Å². The molecule has 30 heavy (non-hydrogen) atoms. The smallest absolute Gasteiger partial charge is 0.231 e. The molecule has 0 saturated carbocycles. The van der Waals surface area contributed by atoms with E-state index in [1.165, 1.54) is 16.9 Å². The molecule has 0 bridgehead atoms. The van der Waals surface area contributed by atoms with E-state index in [1.54, 1.807) is 23.7 Å².